The Bertz CT molecular complexity index is 406. The van der Waals surface area contributed by atoms with Gasteiger partial charge in [-0.05, 0) is 32.1 Å². The summed E-state index contributed by atoms with van der Waals surface area (Å²) in [5.74, 6) is -0.137. The molecule has 0 fully saturated rings. The van der Waals surface area contributed by atoms with Gasteiger partial charge in [-0.2, -0.15) is 0 Å². The zero-order valence-electron chi connectivity index (χ0n) is 19.8. The van der Waals surface area contributed by atoms with Crippen LogP contribution in [0.25, 0.3) is 0 Å². The first kappa shape index (κ1) is 28.7. The Labute approximate surface area is 186 Å². The van der Waals surface area contributed by atoms with E-state index < -0.39 is 0 Å². The summed E-state index contributed by atoms with van der Waals surface area (Å²) in [6.07, 6.45) is 22.3. The Morgan fingerprint density at radius 2 is 1.00 bits per heavy atom. The maximum atomic E-state index is 11.7. The predicted octanol–water partition coefficient (Wildman–Crippen LogP) is 7.69. The smallest absolute Gasteiger partial charge is 0.305 e. The summed E-state index contributed by atoms with van der Waals surface area (Å²) >= 11 is 0. The van der Waals surface area contributed by atoms with Crippen LogP contribution in [0.3, 0.4) is 0 Å². The molecular weight excluding hydrogens is 376 g/mol. The van der Waals surface area contributed by atoms with Crippen molar-refractivity contribution in [2.24, 2.45) is 0 Å². The average molecular weight is 425 g/mol. The topological polar surface area (TPSA) is 52.6 Å². The number of hydrogen-bond acceptors (Lipinski definition) is 4. The quantitative estimate of drug-likeness (QED) is 0.0958. The van der Waals surface area contributed by atoms with Crippen molar-refractivity contribution in [1.29, 1.82) is 0 Å². The number of ether oxygens (including phenoxy) is 2. The van der Waals surface area contributed by atoms with Gasteiger partial charge in [0, 0.05) is 12.8 Å². The summed E-state index contributed by atoms with van der Waals surface area (Å²) < 4.78 is 10.5. The van der Waals surface area contributed by atoms with Crippen LogP contribution < -0.4 is 0 Å². The molecule has 0 aliphatic rings. The minimum atomic E-state index is -0.0891. The standard InChI is InChI=1S/C26H48O4/c1-3-5-7-8-9-10-13-16-20-24-30-26(28)22-18-15-12-11-14-17-21-25(27)29-23-19-6-4-2/h4H,2-3,5-24H2,1H3. The van der Waals surface area contributed by atoms with Crippen LogP contribution in [-0.4, -0.2) is 25.2 Å². The fourth-order valence-electron chi connectivity index (χ4n) is 3.40. The van der Waals surface area contributed by atoms with Crippen LogP contribution in [-0.2, 0) is 19.1 Å². The Hall–Kier alpha value is -1.32. The second kappa shape index (κ2) is 24.0. The molecule has 0 N–H and O–H groups in total. The Kier molecular flexibility index (Phi) is 22.9. The molecule has 0 bridgehead atoms. The average Bonchev–Trinajstić information content (AvgIpc) is 2.74. The lowest BCUT2D eigenvalue weighted by Crippen LogP contribution is -2.05. The molecule has 0 amide bonds. The van der Waals surface area contributed by atoms with Gasteiger partial charge in [-0.15, -0.1) is 6.58 Å². The molecule has 0 atom stereocenters. The van der Waals surface area contributed by atoms with Gasteiger partial charge in [0.15, 0.2) is 0 Å². The largest absolute Gasteiger partial charge is 0.466 e. The number of carbonyl (C=O) groups is 2. The third-order valence-corrected chi connectivity index (χ3v) is 5.34. The van der Waals surface area contributed by atoms with Gasteiger partial charge >= 0.3 is 11.9 Å². The van der Waals surface area contributed by atoms with Crippen molar-refractivity contribution in [3.05, 3.63) is 12.7 Å². The molecule has 0 aliphatic carbocycles. The summed E-state index contributed by atoms with van der Waals surface area (Å²) in [4.78, 5) is 23.3. The lowest BCUT2D eigenvalue weighted by Gasteiger charge is -2.06. The van der Waals surface area contributed by atoms with E-state index in [0.717, 1.165) is 57.8 Å². The molecule has 0 saturated heterocycles. The van der Waals surface area contributed by atoms with E-state index in [1.165, 1.54) is 51.4 Å². The van der Waals surface area contributed by atoms with Crippen LogP contribution in [0.2, 0.25) is 0 Å². The van der Waals surface area contributed by atoms with Gasteiger partial charge in [-0.3, -0.25) is 9.59 Å². The molecule has 4 nitrogen and oxygen atoms in total. The molecule has 0 saturated carbocycles. The number of rotatable bonds is 23. The van der Waals surface area contributed by atoms with E-state index in [0.29, 0.717) is 26.1 Å². The van der Waals surface area contributed by atoms with Crippen molar-refractivity contribution < 1.29 is 19.1 Å². The van der Waals surface area contributed by atoms with Gasteiger partial charge in [-0.25, -0.2) is 0 Å². The number of esters is 2. The molecule has 0 aromatic rings. The first-order chi connectivity index (χ1) is 14.7. The van der Waals surface area contributed by atoms with Crippen molar-refractivity contribution in [1.82, 2.24) is 0 Å². The van der Waals surface area contributed by atoms with E-state index in [1.54, 1.807) is 0 Å². The highest BCUT2D eigenvalue weighted by Gasteiger charge is 2.04. The fraction of sp³-hybridized carbons (Fsp3) is 0.846. The summed E-state index contributed by atoms with van der Waals surface area (Å²) in [6.45, 7) is 6.98. The van der Waals surface area contributed by atoms with Crippen LogP contribution in [0.5, 0.6) is 0 Å². The van der Waals surface area contributed by atoms with Crippen LogP contribution >= 0.6 is 0 Å². The van der Waals surface area contributed by atoms with Gasteiger partial charge in [0.2, 0.25) is 0 Å². The van der Waals surface area contributed by atoms with E-state index in [2.05, 4.69) is 13.5 Å². The van der Waals surface area contributed by atoms with E-state index in [-0.39, 0.29) is 11.9 Å². The monoisotopic (exact) mass is 424 g/mol. The molecule has 30 heavy (non-hydrogen) atoms. The van der Waals surface area contributed by atoms with E-state index in [4.69, 9.17) is 9.47 Å². The second-order valence-electron chi connectivity index (χ2n) is 8.32. The van der Waals surface area contributed by atoms with Crippen LogP contribution in [0.1, 0.15) is 129 Å². The SMILES string of the molecule is C=CCCCOC(=O)CCCCCCCCC(=O)OCCCCCCCCCCC. The van der Waals surface area contributed by atoms with Crippen molar-refractivity contribution >= 4 is 11.9 Å². The van der Waals surface area contributed by atoms with Gasteiger partial charge < -0.3 is 9.47 Å². The lowest BCUT2D eigenvalue weighted by atomic mass is 10.1. The highest BCUT2D eigenvalue weighted by atomic mass is 16.5. The van der Waals surface area contributed by atoms with Gasteiger partial charge in [0.05, 0.1) is 13.2 Å². The van der Waals surface area contributed by atoms with Gasteiger partial charge in [0.1, 0.15) is 0 Å². The normalized spacial score (nSPS) is 10.7. The maximum absolute atomic E-state index is 11.7. The van der Waals surface area contributed by atoms with Crippen molar-refractivity contribution in [3.8, 4) is 0 Å². The fourth-order valence-corrected chi connectivity index (χ4v) is 3.40. The summed E-state index contributed by atoms with van der Waals surface area (Å²) in [5, 5.41) is 0. The molecule has 0 rings (SSSR count). The number of allylic oxidation sites excluding steroid dienone is 1. The van der Waals surface area contributed by atoms with E-state index in [9.17, 15) is 9.59 Å². The Morgan fingerprint density at radius 3 is 1.47 bits per heavy atom. The number of carbonyl (C=O) groups excluding carboxylic acids is 2. The summed E-state index contributed by atoms with van der Waals surface area (Å²) in [7, 11) is 0. The van der Waals surface area contributed by atoms with Crippen LogP contribution in [0.4, 0.5) is 0 Å². The molecule has 0 spiro atoms. The Morgan fingerprint density at radius 1 is 0.600 bits per heavy atom. The van der Waals surface area contributed by atoms with Crippen molar-refractivity contribution in [2.75, 3.05) is 13.2 Å². The highest BCUT2D eigenvalue weighted by Crippen LogP contribution is 2.11. The zero-order valence-corrected chi connectivity index (χ0v) is 19.8. The minimum Gasteiger partial charge on any atom is -0.466 e. The molecule has 0 heterocycles. The molecule has 0 aromatic heterocycles. The Balaban J connectivity index is 3.25. The minimum absolute atomic E-state index is 0.0474. The lowest BCUT2D eigenvalue weighted by molar-refractivity contribution is -0.144. The van der Waals surface area contributed by atoms with E-state index >= 15 is 0 Å². The van der Waals surface area contributed by atoms with Gasteiger partial charge in [0.25, 0.3) is 0 Å². The number of hydrogen-bond donors (Lipinski definition) is 0. The first-order valence-electron chi connectivity index (χ1n) is 12.6. The van der Waals surface area contributed by atoms with E-state index in [1.807, 2.05) is 6.08 Å². The second-order valence-corrected chi connectivity index (χ2v) is 8.32. The molecule has 0 unspecified atom stereocenters. The third kappa shape index (κ3) is 23.0. The molecule has 0 aliphatic heterocycles. The first-order valence-corrected chi connectivity index (χ1v) is 12.6. The van der Waals surface area contributed by atoms with Crippen LogP contribution in [0.15, 0.2) is 12.7 Å². The molecule has 176 valence electrons. The summed E-state index contributed by atoms with van der Waals surface area (Å²) in [6, 6.07) is 0. The highest BCUT2D eigenvalue weighted by molar-refractivity contribution is 5.69. The third-order valence-electron chi connectivity index (χ3n) is 5.34. The van der Waals surface area contributed by atoms with Crippen molar-refractivity contribution in [3.63, 3.8) is 0 Å². The molecule has 0 aromatic carbocycles. The summed E-state index contributed by atoms with van der Waals surface area (Å²) in [5.41, 5.74) is 0. The van der Waals surface area contributed by atoms with Gasteiger partial charge in [-0.1, -0.05) is 90.0 Å². The predicted molar refractivity (Wildman–Crippen MR) is 126 cm³/mol. The van der Waals surface area contributed by atoms with Crippen molar-refractivity contribution in [2.45, 2.75) is 129 Å². The zero-order chi connectivity index (χ0) is 22.1. The maximum Gasteiger partial charge on any atom is 0.305 e. The molecule has 4 heteroatoms. The van der Waals surface area contributed by atoms with Crippen LogP contribution in [0, 0.1) is 0 Å². The molecule has 0 radical (unpaired) electrons. The molecular formula is C26H48O4. The number of unbranched alkanes of at least 4 members (excludes halogenated alkanes) is 14.